The highest BCUT2D eigenvalue weighted by molar-refractivity contribution is 7.86. The van der Waals surface area contributed by atoms with Crippen molar-refractivity contribution in [2.45, 2.75) is 30.6 Å². The van der Waals surface area contributed by atoms with Crippen LogP contribution >= 0.6 is 0 Å². The van der Waals surface area contributed by atoms with Crippen LogP contribution in [-0.4, -0.2) is 47.1 Å². The molecule has 1 fully saturated rings. The van der Waals surface area contributed by atoms with Crippen molar-refractivity contribution in [3.05, 3.63) is 65.7 Å². The summed E-state index contributed by atoms with van der Waals surface area (Å²) in [6.07, 6.45) is -0.589. The molecule has 2 aromatic carbocycles. The van der Waals surface area contributed by atoms with Crippen LogP contribution in [0.1, 0.15) is 11.1 Å². The third-order valence-corrected chi connectivity index (χ3v) is 5.47. The van der Waals surface area contributed by atoms with Gasteiger partial charge in [0.15, 0.2) is 0 Å². The molecule has 0 unspecified atom stereocenters. The lowest BCUT2D eigenvalue weighted by Gasteiger charge is -2.29. The van der Waals surface area contributed by atoms with E-state index < -0.39 is 16.2 Å². The van der Waals surface area contributed by atoms with Gasteiger partial charge < -0.3 is 14.2 Å². The van der Waals surface area contributed by atoms with E-state index in [1.54, 1.807) is 12.1 Å². The van der Waals surface area contributed by atoms with Crippen molar-refractivity contribution in [1.29, 1.82) is 0 Å². The molecule has 1 aliphatic rings. The van der Waals surface area contributed by atoms with E-state index in [-0.39, 0.29) is 24.2 Å². The van der Waals surface area contributed by atoms with E-state index in [4.69, 9.17) is 18.4 Å². The van der Waals surface area contributed by atoms with E-state index in [0.29, 0.717) is 19.8 Å². The summed E-state index contributed by atoms with van der Waals surface area (Å²) in [5.74, 6) is 0. The van der Waals surface area contributed by atoms with Gasteiger partial charge in [-0.15, -0.1) is 0 Å². The summed E-state index contributed by atoms with van der Waals surface area (Å²) < 4.78 is 46.5. The molecule has 0 bridgehead atoms. The predicted octanol–water partition coefficient (Wildman–Crippen LogP) is 2.70. The molecule has 0 radical (unpaired) electrons. The fourth-order valence-corrected chi connectivity index (χ4v) is 3.53. The van der Waals surface area contributed by atoms with E-state index in [1.807, 2.05) is 37.3 Å². The van der Waals surface area contributed by atoms with Crippen LogP contribution in [0.2, 0.25) is 0 Å². The summed E-state index contributed by atoms with van der Waals surface area (Å²) in [4.78, 5) is 0.136. The number of benzene rings is 2. The third-order valence-electron chi connectivity index (χ3n) is 4.17. The molecular formula is C20H24O6S. The predicted molar refractivity (Wildman–Crippen MR) is 99.9 cm³/mol. The van der Waals surface area contributed by atoms with Gasteiger partial charge in [0.25, 0.3) is 10.1 Å². The maximum absolute atomic E-state index is 12.2. The largest absolute Gasteiger partial charge is 0.374 e. The first-order chi connectivity index (χ1) is 13.0. The molecule has 7 heteroatoms. The summed E-state index contributed by atoms with van der Waals surface area (Å²) in [6, 6.07) is 16.4. The molecule has 2 atom stereocenters. The zero-order valence-corrected chi connectivity index (χ0v) is 16.1. The molecule has 2 aromatic rings. The Bertz CT molecular complexity index is 796. The quantitative estimate of drug-likeness (QED) is 0.644. The highest BCUT2D eigenvalue weighted by Crippen LogP contribution is 2.16. The Hall–Kier alpha value is -1.77. The van der Waals surface area contributed by atoms with Crippen LogP contribution in [-0.2, 0) is 35.1 Å². The summed E-state index contributed by atoms with van der Waals surface area (Å²) in [7, 11) is -3.80. The van der Waals surface area contributed by atoms with Crippen LogP contribution in [0.4, 0.5) is 0 Å². The van der Waals surface area contributed by atoms with E-state index in [0.717, 1.165) is 11.1 Å². The van der Waals surface area contributed by atoms with Gasteiger partial charge in [0.1, 0.15) is 12.2 Å². The summed E-state index contributed by atoms with van der Waals surface area (Å²) in [5.41, 5.74) is 2.08. The second kappa shape index (κ2) is 9.43. The molecule has 0 aromatic heterocycles. The fraction of sp³-hybridized carbons (Fsp3) is 0.400. The lowest BCUT2D eigenvalue weighted by atomic mass is 10.2. The molecule has 0 aliphatic carbocycles. The van der Waals surface area contributed by atoms with Crippen LogP contribution in [0.25, 0.3) is 0 Å². The third kappa shape index (κ3) is 6.12. The van der Waals surface area contributed by atoms with E-state index in [9.17, 15) is 8.42 Å². The Balaban J connectivity index is 1.37. The van der Waals surface area contributed by atoms with Gasteiger partial charge in [-0.05, 0) is 24.6 Å². The van der Waals surface area contributed by atoms with Crippen molar-refractivity contribution in [3.8, 4) is 0 Å². The van der Waals surface area contributed by atoms with Crippen LogP contribution in [0.5, 0.6) is 0 Å². The standard InChI is InChI=1S/C20H24O6S/c1-16-7-9-20(10-8-16)27(21,22)26-15-19-14-24-18(13-25-19)12-23-11-17-5-3-2-4-6-17/h2-10,18-19H,11-15H2,1H3/t18-,19+/m1/s1. The summed E-state index contributed by atoms with van der Waals surface area (Å²) >= 11 is 0. The number of ether oxygens (including phenoxy) is 3. The van der Waals surface area contributed by atoms with Crippen molar-refractivity contribution in [2.24, 2.45) is 0 Å². The van der Waals surface area contributed by atoms with Gasteiger partial charge in [-0.1, -0.05) is 48.0 Å². The van der Waals surface area contributed by atoms with Gasteiger partial charge in [-0.25, -0.2) is 0 Å². The van der Waals surface area contributed by atoms with Crippen LogP contribution in [0, 0.1) is 6.92 Å². The second-order valence-corrected chi connectivity index (χ2v) is 8.08. The molecule has 0 spiro atoms. The molecular weight excluding hydrogens is 368 g/mol. The van der Waals surface area contributed by atoms with Gasteiger partial charge in [0, 0.05) is 0 Å². The van der Waals surface area contributed by atoms with Gasteiger partial charge in [0.2, 0.25) is 0 Å². The Labute approximate surface area is 160 Å². The first-order valence-electron chi connectivity index (χ1n) is 8.84. The minimum atomic E-state index is -3.80. The molecule has 0 amide bonds. The molecule has 0 saturated carbocycles. The molecule has 1 saturated heterocycles. The Morgan fingerprint density at radius 1 is 0.926 bits per heavy atom. The average Bonchev–Trinajstić information content (AvgIpc) is 2.69. The minimum absolute atomic E-state index is 0.0756. The highest BCUT2D eigenvalue weighted by Gasteiger charge is 2.25. The molecule has 146 valence electrons. The van der Waals surface area contributed by atoms with Crippen molar-refractivity contribution in [3.63, 3.8) is 0 Å². The molecule has 1 heterocycles. The van der Waals surface area contributed by atoms with Crippen LogP contribution < -0.4 is 0 Å². The normalized spacial score (nSPS) is 20.5. The van der Waals surface area contributed by atoms with Gasteiger partial charge in [-0.3, -0.25) is 4.18 Å². The second-order valence-electron chi connectivity index (χ2n) is 6.46. The molecule has 0 N–H and O–H groups in total. The Kier molecular flexibility index (Phi) is 6.98. The lowest BCUT2D eigenvalue weighted by Crippen LogP contribution is -2.40. The van der Waals surface area contributed by atoms with Gasteiger partial charge in [-0.2, -0.15) is 8.42 Å². The minimum Gasteiger partial charge on any atom is -0.374 e. The average molecular weight is 392 g/mol. The first-order valence-corrected chi connectivity index (χ1v) is 10.2. The zero-order chi connectivity index (χ0) is 19.1. The van der Waals surface area contributed by atoms with E-state index in [1.165, 1.54) is 12.1 Å². The maximum Gasteiger partial charge on any atom is 0.297 e. The number of rotatable bonds is 8. The Morgan fingerprint density at radius 3 is 2.19 bits per heavy atom. The first kappa shape index (κ1) is 20.0. The smallest absolute Gasteiger partial charge is 0.297 e. The lowest BCUT2D eigenvalue weighted by molar-refractivity contribution is -0.159. The van der Waals surface area contributed by atoms with Crippen LogP contribution in [0.15, 0.2) is 59.5 Å². The Morgan fingerprint density at radius 2 is 1.56 bits per heavy atom. The number of hydrogen-bond donors (Lipinski definition) is 0. The molecule has 6 nitrogen and oxygen atoms in total. The van der Waals surface area contributed by atoms with Crippen molar-refractivity contribution >= 4 is 10.1 Å². The van der Waals surface area contributed by atoms with E-state index in [2.05, 4.69) is 0 Å². The number of hydrogen-bond acceptors (Lipinski definition) is 6. The van der Waals surface area contributed by atoms with Gasteiger partial charge >= 0.3 is 0 Å². The fourth-order valence-electron chi connectivity index (χ4n) is 2.60. The van der Waals surface area contributed by atoms with Crippen molar-refractivity contribution in [2.75, 3.05) is 26.4 Å². The van der Waals surface area contributed by atoms with Crippen molar-refractivity contribution < 1.29 is 26.8 Å². The topological polar surface area (TPSA) is 71.1 Å². The monoisotopic (exact) mass is 392 g/mol. The van der Waals surface area contributed by atoms with Gasteiger partial charge in [0.05, 0.1) is 37.9 Å². The van der Waals surface area contributed by atoms with Crippen LogP contribution in [0.3, 0.4) is 0 Å². The molecule has 27 heavy (non-hydrogen) atoms. The number of aryl methyl sites for hydroxylation is 1. The summed E-state index contributed by atoms with van der Waals surface area (Å²) in [6.45, 7) is 3.36. The van der Waals surface area contributed by atoms with Crippen molar-refractivity contribution in [1.82, 2.24) is 0 Å². The maximum atomic E-state index is 12.2. The SMILES string of the molecule is Cc1ccc(S(=O)(=O)OC[C@@H]2CO[C@H](COCc3ccccc3)CO2)cc1. The van der Waals surface area contributed by atoms with E-state index >= 15 is 0 Å². The molecule has 3 rings (SSSR count). The molecule has 1 aliphatic heterocycles. The zero-order valence-electron chi connectivity index (χ0n) is 15.2. The highest BCUT2D eigenvalue weighted by atomic mass is 32.2. The summed E-state index contributed by atoms with van der Waals surface area (Å²) in [5, 5.41) is 0.